The molecule has 0 amide bonds. The summed E-state index contributed by atoms with van der Waals surface area (Å²) in [6, 6.07) is 11.6. The van der Waals surface area contributed by atoms with Gasteiger partial charge in [-0.05, 0) is 23.3 Å². The van der Waals surface area contributed by atoms with E-state index in [0.717, 1.165) is 4.81 Å². The van der Waals surface area contributed by atoms with Crippen LogP contribution in [0, 0.1) is 58.2 Å². The van der Waals surface area contributed by atoms with Gasteiger partial charge in [-0.1, -0.05) is 36.4 Å². The van der Waals surface area contributed by atoms with Gasteiger partial charge in [0.25, 0.3) is 0 Å². The van der Waals surface area contributed by atoms with Gasteiger partial charge < -0.3 is 4.81 Å². The fourth-order valence-electron chi connectivity index (χ4n) is 4.53. The van der Waals surface area contributed by atoms with Crippen LogP contribution in [-0.4, -0.2) is 6.85 Å². The van der Waals surface area contributed by atoms with Crippen molar-refractivity contribution in [2.24, 2.45) is 0 Å². The number of rotatable bonds is 3. The first-order valence-electron chi connectivity index (χ1n) is 10.5. The number of anilines is 2. The van der Waals surface area contributed by atoms with Gasteiger partial charge in [-0.3, -0.25) is 0 Å². The normalized spacial score (nSPS) is 12.7. The molecule has 1 heterocycles. The largest absolute Gasteiger partial charge is 0.536 e. The van der Waals surface area contributed by atoms with Gasteiger partial charge in [0.2, 0.25) is 0 Å². The minimum absolute atomic E-state index is 0.0147. The van der Waals surface area contributed by atoms with E-state index in [-0.39, 0.29) is 17.8 Å². The molecule has 0 aromatic heterocycles. The van der Waals surface area contributed by atoms with E-state index < -0.39 is 75.9 Å². The maximum Gasteiger partial charge on any atom is 0.200 e. The molecule has 4 aromatic rings. The van der Waals surface area contributed by atoms with Crippen molar-refractivity contribution in [1.29, 1.82) is 0 Å². The van der Waals surface area contributed by atoms with Gasteiger partial charge in [-0.25, -0.2) is 43.9 Å². The summed E-state index contributed by atoms with van der Waals surface area (Å²) in [6.07, 6.45) is 0.184. The number of halogens is 10. The Balaban J connectivity index is 1.98. The van der Waals surface area contributed by atoms with Gasteiger partial charge in [0, 0.05) is 17.8 Å². The van der Waals surface area contributed by atoms with Crippen LogP contribution < -0.4 is 15.7 Å². The van der Waals surface area contributed by atoms with Crippen molar-refractivity contribution in [2.75, 3.05) is 4.81 Å². The topological polar surface area (TPSA) is 3.24 Å². The molecule has 1 aliphatic heterocycles. The lowest BCUT2D eigenvalue weighted by Gasteiger charge is -2.49. The molecule has 0 bridgehead atoms. The molecular weight excluding hydrogens is 515 g/mol. The second-order valence-corrected chi connectivity index (χ2v) is 8.17. The van der Waals surface area contributed by atoms with Gasteiger partial charge in [0.1, 0.15) is 23.3 Å². The fourth-order valence-corrected chi connectivity index (χ4v) is 4.53. The van der Waals surface area contributed by atoms with Crippen LogP contribution in [0.2, 0.25) is 0 Å². The van der Waals surface area contributed by atoms with E-state index in [1.807, 2.05) is 0 Å². The number of para-hydroxylation sites is 2. The first-order valence-corrected chi connectivity index (χ1v) is 10.5. The molecule has 0 saturated carbocycles. The number of hydrogen-bond donors (Lipinski definition) is 0. The predicted octanol–water partition coefficient (Wildman–Crippen LogP) is 5.93. The second-order valence-electron chi connectivity index (χ2n) is 8.17. The van der Waals surface area contributed by atoms with Gasteiger partial charge in [0.05, 0.1) is 6.85 Å². The van der Waals surface area contributed by atoms with Crippen molar-refractivity contribution < 1.29 is 43.9 Å². The van der Waals surface area contributed by atoms with Crippen molar-refractivity contribution in [3.63, 3.8) is 0 Å². The van der Waals surface area contributed by atoms with Crippen molar-refractivity contribution >= 4 is 29.1 Å². The molecule has 12 heteroatoms. The lowest BCUT2D eigenvalue weighted by atomic mass is 9.47. The molecule has 1 aliphatic rings. The molecular formula is C25H10BF10N-. The van der Waals surface area contributed by atoms with E-state index in [2.05, 4.69) is 0 Å². The van der Waals surface area contributed by atoms with E-state index >= 15 is 17.6 Å². The molecule has 1 nitrogen and oxygen atoms in total. The molecule has 0 atom stereocenters. The molecule has 4 aromatic carbocycles. The van der Waals surface area contributed by atoms with E-state index in [1.165, 1.54) is 36.4 Å². The summed E-state index contributed by atoms with van der Waals surface area (Å²) >= 11 is 0. The highest BCUT2D eigenvalue weighted by Crippen LogP contribution is 2.40. The van der Waals surface area contributed by atoms with Crippen LogP contribution in [0.3, 0.4) is 0 Å². The first kappa shape index (κ1) is 24.7. The van der Waals surface area contributed by atoms with Crippen molar-refractivity contribution in [2.45, 2.75) is 6.42 Å². The average molecular weight is 525 g/mol. The Kier molecular flexibility index (Phi) is 5.92. The summed E-state index contributed by atoms with van der Waals surface area (Å²) in [4.78, 5) is 0.796. The lowest BCUT2D eigenvalue weighted by Crippen LogP contribution is -2.61. The molecule has 0 unspecified atom stereocenters. The monoisotopic (exact) mass is 525 g/mol. The molecule has 0 fully saturated rings. The third-order valence-electron chi connectivity index (χ3n) is 6.18. The zero-order chi connectivity index (χ0) is 26.8. The zero-order valence-corrected chi connectivity index (χ0v) is 18.1. The molecule has 189 valence electrons. The summed E-state index contributed by atoms with van der Waals surface area (Å²) in [5.41, 5.74) is -2.85. The van der Waals surface area contributed by atoms with Crippen LogP contribution in [0.5, 0.6) is 0 Å². The highest BCUT2D eigenvalue weighted by molar-refractivity contribution is 6.89. The molecule has 5 rings (SSSR count). The maximum atomic E-state index is 15.1. The Hall–Kier alpha value is -3.96. The van der Waals surface area contributed by atoms with E-state index in [4.69, 9.17) is 0 Å². The van der Waals surface area contributed by atoms with E-state index in [9.17, 15) is 26.3 Å². The Morgan fingerprint density at radius 2 is 0.730 bits per heavy atom. The van der Waals surface area contributed by atoms with Crippen molar-refractivity contribution in [3.05, 3.63) is 118 Å². The highest BCUT2D eigenvalue weighted by Gasteiger charge is 2.35. The number of nitrogens with zero attached hydrogens (tertiary/aromatic N) is 1. The summed E-state index contributed by atoms with van der Waals surface area (Å²) in [6.45, 7) is -2.71. The third kappa shape index (κ3) is 3.57. The molecule has 0 spiro atoms. The van der Waals surface area contributed by atoms with Crippen LogP contribution in [-0.2, 0) is 6.42 Å². The third-order valence-corrected chi connectivity index (χ3v) is 6.18. The SMILES string of the molecule is Fc1c(F)c(F)c([B-](c2c(F)c(F)c(F)c(F)c2F)N2c3ccccc3Cc3ccccc32)c(F)c1F. The Morgan fingerprint density at radius 1 is 0.432 bits per heavy atom. The molecule has 0 saturated heterocycles. The fraction of sp³-hybridized carbons (Fsp3) is 0.0400. The van der Waals surface area contributed by atoms with E-state index in [1.54, 1.807) is 12.1 Å². The summed E-state index contributed by atoms with van der Waals surface area (Å²) < 4.78 is 145. The molecule has 37 heavy (non-hydrogen) atoms. The van der Waals surface area contributed by atoms with Crippen LogP contribution in [0.15, 0.2) is 48.5 Å². The first-order chi connectivity index (χ1) is 17.6. The standard InChI is InChI=1S/C25H10BF10N/c27-16-14(17(28)21(32)24(35)20(16)31)26(15-18(29)22(33)25(36)23(34)19(15)30)37-12-7-3-1-5-10(12)9-11-6-2-4-8-13(11)37/h1-8H,9H2/q-1. The van der Waals surface area contributed by atoms with Crippen LogP contribution in [0.4, 0.5) is 55.3 Å². The quantitative estimate of drug-likeness (QED) is 0.139. The summed E-state index contributed by atoms with van der Waals surface area (Å²) in [5, 5.41) is 0. The van der Waals surface area contributed by atoms with Gasteiger partial charge in [0.15, 0.2) is 34.9 Å². The van der Waals surface area contributed by atoms with Gasteiger partial charge in [-0.15, -0.1) is 10.9 Å². The van der Waals surface area contributed by atoms with Gasteiger partial charge in [-0.2, -0.15) is 0 Å². The van der Waals surface area contributed by atoms with E-state index in [0.29, 0.717) is 11.1 Å². The van der Waals surface area contributed by atoms with Crippen LogP contribution >= 0.6 is 0 Å². The minimum atomic E-state index is -2.71. The van der Waals surface area contributed by atoms with Crippen molar-refractivity contribution in [1.82, 2.24) is 0 Å². The Bertz CT molecular complexity index is 1420. The number of hydrogen-bond acceptors (Lipinski definition) is 1. The zero-order valence-electron chi connectivity index (χ0n) is 18.1. The highest BCUT2D eigenvalue weighted by atomic mass is 19.2. The molecule has 1 radical (unpaired) electrons. The number of fused-ring (bicyclic) bond motifs is 2. The Morgan fingerprint density at radius 3 is 1.08 bits per heavy atom. The maximum absolute atomic E-state index is 15.1. The Labute approximate surface area is 202 Å². The smallest absolute Gasteiger partial charge is 0.200 e. The summed E-state index contributed by atoms with van der Waals surface area (Å²) in [7, 11) is 0. The second kappa shape index (κ2) is 8.86. The minimum Gasteiger partial charge on any atom is -0.536 e. The lowest BCUT2D eigenvalue weighted by molar-refractivity contribution is 0.382. The molecule has 0 N–H and O–H groups in total. The van der Waals surface area contributed by atoms with Crippen molar-refractivity contribution in [3.8, 4) is 0 Å². The van der Waals surface area contributed by atoms with Crippen LogP contribution in [0.1, 0.15) is 11.1 Å². The predicted molar refractivity (Wildman–Crippen MR) is 115 cm³/mol. The average Bonchev–Trinajstić information content (AvgIpc) is 2.91. The summed E-state index contributed by atoms with van der Waals surface area (Å²) in [5.74, 6) is -24.9. The molecule has 0 aliphatic carbocycles. The van der Waals surface area contributed by atoms with Gasteiger partial charge >= 0.3 is 0 Å². The number of benzene rings is 4. The van der Waals surface area contributed by atoms with Crippen LogP contribution in [0.25, 0.3) is 0 Å².